The third kappa shape index (κ3) is 5.78. The van der Waals surface area contributed by atoms with Crippen LogP contribution in [0.2, 0.25) is 0 Å². The number of anilines is 1. The van der Waals surface area contributed by atoms with E-state index in [1.54, 1.807) is 37.5 Å². The number of carbonyl (C=O) groups is 2. The molecule has 2 aromatic carbocycles. The van der Waals surface area contributed by atoms with Crippen molar-refractivity contribution in [1.82, 2.24) is 5.32 Å². The Morgan fingerprint density at radius 2 is 1.80 bits per heavy atom. The lowest BCUT2D eigenvalue weighted by Gasteiger charge is -2.15. The maximum Gasteiger partial charge on any atom is 0.249 e. The number of nitrogens with one attached hydrogen (secondary N) is 2. The minimum Gasteiger partial charge on any atom is -0.497 e. The lowest BCUT2D eigenvalue weighted by atomic mass is 10.2. The molecule has 0 spiro atoms. The molecule has 0 heterocycles. The highest BCUT2D eigenvalue weighted by Gasteiger charge is 2.19. The normalized spacial score (nSPS) is 11.8. The van der Waals surface area contributed by atoms with Gasteiger partial charge in [0, 0.05) is 11.8 Å². The van der Waals surface area contributed by atoms with Gasteiger partial charge in [-0.1, -0.05) is 30.3 Å². The molecule has 0 saturated carbocycles. The zero-order valence-corrected chi connectivity index (χ0v) is 13.8. The second-order valence-electron chi connectivity index (χ2n) is 5.21. The van der Waals surface area contributed by atoms with Crippen LogP contribution in [0.1, 0.15) is 5.56 Å². The van der Waals surface area contributed by atoms with Crippen LogP contribution in [0.25, 0.3) is 6.08 Å². The number of carbonyl (C=O) groups excluding carboxylic acids is 2. The van der Waals surface area contributed by atoms with Gasteiger partial charge in [0.2, 0.25) is 11.8 Å². The van der Waals surface area contributed by atoms with Gasteiger partial charge >= 0.3 is 0 Å². The summed E-state index contributed by atoms with van der Waals surface area (Å²) in [6.45, 7) is -0.507. The van der Waals surface area contributed by atoms with Crippen LogP contribution in [0.5, 0.6) is 5.75 Å². The van der Waals surface area contributed by atoms with Crippen molar-refractivity contribution in [2.45, 2.75) is 6.04 Å². The van der Waals surface area contributed by atoms with Gasteiger partial charge in [-0.2, -0.15) is 0 Å². The highest BCUT2D eigenvalue weighted by Crippen LogP contribution is 2.15. The van der Waals surface area contributed by atoms with E-state index in [4.69, 9.17) is 4.74 Å². The fourth-order valence-electron chi connectivity index (χ4n) is 2.05. The van der Waals surface area contributed by atoms with Crippen molar-refractivity contribution in [2.24, 2.45) is 0 Å². The number of aliphatic hydroxyl groups is 1. The molecule has 0 unspecified atom stereocenters. The number of ether oxygens (including phenoxy) is 1. The zero-order chi connectivity index (χ0) is 18.1. The molecule has 130 valence electrons. The predicted molar refractivity (Wildman–Crippen MR) is 96.1 cm³/mol. The Balaban J connectivity index is 1.92. The fraction of sp³-hybridized carbons (Fsp3) is 0.158. The van der Waals surface area contributed by atoms with Gasteiger partial charge < -0.3 is 20.5 Å². The van der Waals surface area contributed by atoms with Gasteiger partial charge in [-0.15, -0.1) is 0 Å². The first kappa shape index (κ1) is 18.2. The topological polar surface area (TPSA) is 87.7 Å². The van der Waals surface area contributed by atoms with Crippen LogP contribution in [0.15, 0.2) is 60.7 Å². The second kappa shape index (κ2) is 9.24. The molecule has 3 N–H and O–H groups in total. The first-order chi connectivity index (χ1) is 12.1. The van der Waals surface area contributed by atoms with E-state index in [1.807, 2.05) is 30.3 Å². The smallest absolute Gasteiger partial charge is 0.249 e. The molecule has 2 aromatic rings. The van der Waals surface area contributed by atoms with Gasteiger partial charge in [-0.3, -0.25) is 9.59 Å². The van der Waals surface area contributed by atoms with Crippen molar-refractivity contribution < 1.29 is 19.4 Å². The molecule has 0 aliphatic heterocycles. The predicted octanol–water partition coefficient (Wildman–Crippen LogP) is 1.82. The SMILES string of the molecule is COc1ccc(NC(=O)[C@H](CO)NC(=O)C=Cc2ccccc2)cc1. The molecule has 2 amide bonds. The van der Waals surface area contributed by atoms with Gasteiger partial charge in [-0.25, -0.2) is 0 Å². The Labute approximate surface area is 146 Å². The molecule has 0 fully saturated rings. The molecule has 0 bridgehead atoms. The monoisotopic (exact) mass is 340 g/mol. The number of methoxy groups -OCH3 is 1. The fourth-order valence-corrected chi connectivity index (χ4v) is 2.05. The largest absolute Gasteiger partial charge is 0.497 e. The van der Waals surface area contributed by atoms with Crippen LogP contribution in [0, 0.1) is 0 Å². The van der Waals surface area contributed by atoms with Crippen molar-refractivity contribution in [2.75, 3.05) is 19.0 Å². The average Bonchev–Trinajstić information content (AvgIpc) is 2.65. The van der Waals surface area contributed by atoms with Crippen molar-refractivity contribution in [3.63, 3.8) is 0 Å². The zero-order valence-electron chi connectivity index (χ0n) is 13.8. The van der Waals surface area contributed by atoms with Gasteiger partial charge in [0.1, 0.15) is 11.8 Å². The van der Waals surface area contributed by atoms with E-state index in [9.17, 15) is 14.7 Å². The number of benzene rings is 2. The Morgan fingerprint density at radius 1 is 1.12 bits per heavy atom. The first-order valence-corrected chi connectivity index (χ1v) is 7.72. The molecule has 6 heteroatoms. The second-order valence-corrected chi connectivity index (χ2v) is 5.21. The number of hydrogen-bond acceptors (Lipinski definition) is 4. The molecule has 2 rings (SSSR count). The molecule has 25 heavy (non-hydrogen) atoms. The standard InChI is InChI=1S/C19H20N2O4/c1-25-16-10-8-15(9-11-16)20-19(24)17(13-22)21-18(23)12-7-14-5-3-2-4-6-14/h2-12,17,22H,13H2,1H3,(H,20,24)(H,21,23)/t17-/m0/s1. The molecule has 0 saturated heterocycles. The minimum absolute atomic E-state index is 0.465. The van der Waals surface area contributed by atoms with E-state index in [0.717, 1.165) is 5.56 Å². The lowest BCUT2D eigenvalue weighted by Crippen LogP contribution is -2.45. The molecule has 0 aliphatic carbocycles. The molecule has 0 radical (unpaired) electrons. The summed E-state index contributed by atoms with van der Waals surface area (Å²) in [4.78, 5) is 24.1. The molecule has 6 nitrogen and oxygen atoms in total. The summed E-state index contributed by atoms with van der Waals surface area (Å²) in [6, 6.07) is 15.0. The minimum atomic E-state index is -1.05. The summed E-state index contributed by atoms with van der Waals surface area (Å²) in [6.07, 6.45) is 2.95. The van der Waals surface area contributed by atoms with Crippen LogP contribution >= 0.6 is 0 Å². The Bertz CT molecular complexity index is 727. The van der Waals surface area contributed by atoms with E-state index >= 15 is 0 Å². The summed E-state index contributed by atoms with van der Waals surface area (Å²) in [5.41, 5.74) is 1.40. The summed E-state index contributed by atoms with van der Waals surface area (Å²) >= 11 is 0. The van der Waals surface area contributed by atoms with Crippen LogP contribution in [-0.4, -0.2) is 36.7 Å². The maximum atomic E-state index is 12.2. The van der Waals surface area contributed by atoms with Crippen molar-refractivity contribution >= 4 is 23.6 Å². The van der Waals surface area contributed by atoms with E-state index < -0.39 is 24.5 Å². The molecule has 1 atom stereocenters. The summed E-state index contributed by atoms with van der Waals surface area (Å²) in [7, 11) is 1.55. The lowest BCUT2D eigenvalue weighted by molar-refractivity contribution is -0.124. The molecule has 0 aromatic heterocycles. The molecule has 0 aliphatic rings. The Morgan fingerprint density at radius 3 is 2.40 bits per heavy atom. The summed E-state index contributed by atoms with van der Waals surface area (Å²) < 4.78 is 5.04. The highest BCUT2D eigenvalue weighted by atomic mass is 16.5. The number of amides is 2. The quantitative estimate of drug-likeness (QED) is 0.671. The number of rotatable bonds is 7. The number of aliphatic hydroxyl groups excluding tert-OH is 1. The van der Waals surface area contributed by atoms with E-state index in [2.05, 4.69) is 10.6 Å². The third-order valence-corrected chi connectivity index (χ3v) is 3.40. The van der Waals surface area contributed by atoms with Gasteiger partial charge in [0.05, 0.1) is 13.7 Å². The maximum absolute atomic E-state index is 12.2. The molecular formula is C19H20N2O4. The third-order valence-electron chi connectivity index (χ3n) is 3.40. The van der Waals surface area contributed by atoms with E-state index in [0.29, 0.717) is 11.4 Å². The van der Waals surface area contributed by atoms with Gasteiger partial charge in [-0.05, 0) is 35.9 Å². The summed E-state index contributed by atoms with van der Waals surface area (Å²) in [5, 5.41) is 14.5. The van der Waals surface area contributed by atoms with Gasteiger partial charge in [0.15, 0.2) is 0 Å². The van der Waals surface area contributed by atoms with Gasteiger partial charge in [0.25, 0.3) is 0 Å². The molecular weight excluding hydrogens is 320 g/mol. The van der Waals surface area contributed by atoms with E-state index in [-0.39, 0.29) is 0 Å². The van der Waals surface area contributed by atoms with Crippen molar-refractivity contribution in [3.05, 3.63) is 66.2 Å². The van der Waals surface area contributed by atoms with Crippen LogP contribution in [0.3, 0.4) is 0 Å². The first-order valence-electron chi connectivity index (χ1n) is 7.72. The van der Waals surface area contributed by atoms with Crippen LogP contribution in [-0.2, 0) is 9.59 Å². The van der Waals surface area contributed by atoms with Crippen molar-refractivity contribution in [3.8, 4) is 5.75 Å². The number of hydrogen-bond donors (Lipinski definition) is 3. The summed E-state index contributed by atoms with van der Waals surface area (Å²) in [5.74, 6) is -0.307. The van der Waals surface area contributed by atoms with Crippen LogP contribution < -0.4 is 15.4 Å². The Kier molecular flexibility index (Phi) is 6.74. The highest BCUT2D eigenvalue weighted by molar-refractivity contribution is 6.00. The average molecular weight is 340 g/mol. The Hall–Kier alpha value is -3.12. The van der Waals surface area contributed by atoms with Crippen molar-refractivity contribution in [1.29, 1.82) is 0 Å². The van der Waals surface area contributed by atoms with E-state index in [1.165, 1.54) is 6.08 Å². The van der Waals surface area contributed by atoms with Crippen LogP contribution in [0.4, 0.5) is 5.69 Å².